The first kappa shape index (κ1) is 20.8. The summed E-state index contributed by atoms with van der Waals surface area (Å²) < 4.78 is 28.5. The molecule has 0 aromatic rings. The van der Waals surface area contributed by atoms with E-state index in [9.17, 15) is 8.42 Å². The summed E-state index contributed by atoms with van der Waals surface area (Å²) in [5, 5.41) is 3.30. The fourth-order valence-corrected chi connectivity index (χ4v) is 3.79. The fourth-order valence-electron chi connectivity index (χ4n) is 2.10. The molecule has 0 heterocycles. The van der Waals surface area contributed by atoms with Gasteiger partial charge in [-0.3, -0.25) is 0 Å². The highest BCUT2D eigenvalue weighted by atomic mass is 32.2. The minimum atomic E-state index is -3.34. The van der Waals surface area contributed by atoms with Gasteiger partial charge in [0.25, 0.3) is 10.2 Å². The molecule has 0 spiro atoms. The van der Waals surface area contributed by atoms with Crippen molar-refractivity contribution in [3.63, 3.8) is 0 Å². The van der Waals surface area contributed by atoms with E-state index in [1.165, 1.54) is 4.31 Å². The Labute approximate surface area is 132 Å². The van der Waals surface area contributed by atoms with Gasteiger partial charge in [0.2, 0.25) is 0 Å². The molecule has 5 nitrogen and oxygen atoms in total. The van der Waals surface area contributed by atoms with E-state index in [2.05, 4.69) is 19.2 Å². The highest BCUT2D eigenvalue weighted by Gasteiger charge is 2.29. The molecule has 0 aliphatic rings. The maximum atomic E-state index is 12.7. The van der Waals surface area contributed by atoms with Crippen LogP contribution in [0.2, 0.25) is 0 Å². The molecule has 0 aromatic carbocycles. The Morgan fingerprint density at radius 1 is 1.00 bits per heavy atom. The molecule has 1 atom stereocenters. The van der Waals surface area contributed by atoms with E-state index in [1.54, 1.807) is 11.4 Å². The van der Waals surface area contributed by atoms with E-state index in [0.717, 1.165) is 45.2 Å². The second-order valence-corrected chi connectivity index (χ2v) is 7.64. The molecule has 0 aliphatic carbocycles. The zero-order valence-corrected chi connectivity index (χ0v) is 15.4. The van der Waals surface area contributed by atoms with E-state index in [-0.39, 0.29) is 6.04 Å². The van der Waals surface area contributed by atoms with Crippen LogP contribution in [0.3, 0.4) is 0 Å². The van der Waals surface area contributed by atoms with Crippen molar-refractivity contribution in [2.24, 2.45) is 0 Å². The summed E-state index contributed by atoms with van der Waals surface area (Å²) in [7, 11) is -1.65. The predicted molar refractivity (Wildman–Crippen MR) is 90.7 cm³/mol. The Bertz CT molecular complexity index is 347. The Morgan fingerprint density at radius 2 is 1.67 bits per heavy atom. The first-order chi connectivity index (χ1) is 9.91. The third-order valence-corrected chi connectivity index (χ3v) is 5.86. The highest BCUT2D eigenvalue weighted by Crippen LogP contribution is 2.15. The topological polar surface area (TPSA) is 52.7 Å². The Kier molecular flexibility index (Phi) is 11.3. The van der Waals surface area contributed by atoms with Crippen molar-refractivity contribution in [3.05, 3.63) is 0 Å². The molecule has 0 rings (SSSR count). The molecule has 0 saturated carbocycles. The molecule has 0 aromatic heterocycles. The van der Waals surface area contributed by atoms with E-state index in [1.807, 2.05) is 13.8 Å². The van der Waals surface area contributed by atoms with Gasteiger partial charge in [0.1, 0.15) is 0 Å². The standard InChI is InChI=1S/C15H35N3O2S/c1-6-9-14-18(15(4)8-3)21(19,20)17(5)13-10-12-16-11-7-2/h15-16H,6-14H2,1-5H3. The van der Waals surface area contributed by atoms with Crippen molar-refractivity contribution in [3.8, 4) is 0 Å². The molecule has 0 saturated heterocycles. The lowest BCUT2D eigenvalue weighted by Crippen LogP contribution is -2.47. The van der Waals surface area contributed by atoms with Crippen LogP contribution < -0.4 is 5.32 Å². The van der Waals surface area contributed by atoms with Gasteiger partial charge in [-0.1, -0.05) is 27.2 Å². The predicted octanol–water partition coefficient (Wildman–Crippen LogP) is 2.45. The summed E-state index contributed by atoms with van der Waals surface area (Å²) in [5.74, 6) is 0. The summed E-state index contributed by atoms with van der Waals surface area (Å²) in [6, 6.07) is 0.0576. The zero-order chi connectivity index (χ0) is 16.3. The molecule has 6 heteroatoms. The number of hydrogen-bond donors (Lipinski definition) is 1. The van der Waals surface area contributed by atoms with Gasteiger partial charge in [-0.05, 0) is 45.7 Å². The number of rotatable bonds is 13. The van der Waals surface area contributed by atoms with Gasteiger partial charge in [-0.2, -0.15) is 17.0 Å². The molecule has 1 unspecified atom stereocenters. The second kappa shape index (κ2) is 11.4. The average molecular weight is 322 g/mol. The maximum Gasteiger partial charge on any atom is 0.281 e. The average Bonchev–Trinajstić information content (AvgIpc) is 2.46. The first-order valence-electron chi connectivity index (χ1n) is 8.35. The lowest BCUT2D eigenvalue weighted by molar-refractivity contribution is 0.294. The summed E-state index contributed by atoms with van der Waals surface area (Å²) in [4.78, 5) is 0. The lowest BCUT2D eigenvalue weighted by atomic mass is 10.2. The number of hydrogen-bond acceptors (Lipinski definition) is 3. The Morgan fingerprint density at radius 3 is 2.19 bits per heavy atom. The summed E-state index contributed by atoms with van der Waals surface area (Å²) in [6.45, 7) is 11.3. The van der Waals surface area contributed by atoms with Gasteiger partial charge in [0.15, 0.2) is 0 Å². The van der Waals surface area contributed by atoms with E-state index < -0.39 is 10.2 Å². The first-order valence-corrected chi connectivity index (χ1v) is 9.75. The van der Waals surface area contributed by atoms with E-state index >= 15 is 0 Å². The van der Waals surface area contributed by atoms with Crippen molar-refractivity contribution in [2.45, 2.75) is 65.8 Å². The van der Waals surface area contributed by atoms with Crippen molar-refractivity contribution < 1.29 is 8.42 Å². The van der Waals surface area contributed by atoms with Crippen LogP contribution in [0.15, 0.2) is 0 Å². The van der Waals surface area contributed by atoms with Crippen LogP contribution in [0.5, 0.6) is 0 Å². The van der Waals surface area contributed by atoms with Crippen molar-refractivity contribution in [2.75, 3.05) is 33.2 Å². The summed E-state index contributed by atoms with van der Waals surface area (Å²) >= 11 is 0. The molecule has 0 fully saturated rings. The minimum Gasteiger partial charge on any atom is -0.317 e. The van der Waals surface area contributed by atoms with Gasteiger partial charge in [0, 0.05) is 26.2 Å². The van der Waals surface area contributed by atoms with Crippen LogP contribution in [0, 0.1) is 0 Å². The van der Waals surface area contributed by atoms with Crippen molar-refractivity contribution in [1.82, 2.24) is 13.9 Å². The molecule has 128 valence electrons. The van der Waals surface area contributed by atoms with Crippen molar-refractivity contribution in [1.29, 1.82) is 0 Å². The van der Waals surface area contributed by atoms with Crippen molar-refractivity contribution >= 4 is 10.2 Å². The van der Waals surface area contributed by atoms with Crippen LogP contribution in [0.1, 0.15) is 59.8 Å². The van der Waals surface area contributed by atoms with Crippen LogP contribution in [0.25, 0.3) is 0 Å². The third kappa shape index (κ3) is 7.58. The van der Waals surface area contributed by atoms with E-state index in [4.69, 9.17) is 0 Å². The number of nitrogens with one attached hydrogen (secondary N) is 1. The lowest BCUT2D eigenvalue weighted by Gasteiger charge is -2.31. The van der Waals surface area contributed by atoms with Gasteiger partial charge in [-0.15, -0.1) is 0 Å². The minimum absolute atomic E-state index is 0.0576. The van der Waals surface area contributed by atoms with Gasteiger partial charge >= 0.3 is 0 Å². The smallest absolute Gasteiger partial charge is 0.281 e. The summed E-state index contributed by atoms with van der Waals surface area (Å²) in [6.07, 6.45) is 4.71. The van der Waals surface area contributed by atoms with Crippen LogP contribution in [-0.4, -0.2) is 56.3 Å². The monoisotopic (exact) mass is 321 g/mol. The normalized spacial score (nSPS) is 14.0. The molecule has 0 radical (unpaired) electrons. The van der Waals surface area contributed by atoms with Gasteiger partial charge < -0.3 is 5.32 Å². The van der Waals surface area contributed by atoms with Crippen LogP contribution >= 0.6 is 0 Å². The number of unbranched alkanes of at least 4 members (excludes halogenated alkanes) is 1. The van der Waals surface area contributed by atoms with Crippen LogP contribution in [-0.2, 0) is 10.2 Å². The van der Waals surface area contributed by atoms with Crippen LogP contribution in [0.4, 0.5) is 0 Å². The zero-order valence-electron chi connectivity index (χ0n) is 14.6. The highest BCUT2D eigenvalue weighted by molar-refractivity contribution is 7.86. The van der Waals surface area contributed by atoms with Gasteiger partial charge in [0.05, 0.1) is 0 Å². The molecule has 0 bridgehead atoms. The SMILES string of the molecule is CCCCN(C(C)CC)S(=O)(=O)N(C)CCCNCCC. The third-order valence-electron chi connectivity index (χ3n) is 3.76. The Balaban J connectivity index is 4.55. The maximum absolute atomic E-state index is 12.7. The number of nitrogens with zero attached hydrogens (tertiary/aromatic N) is 2. The fraction of sp³-hybridized carbons (Fsp3) is 1.00. The van der Waals surface area contributed by atoms with E-state index in [0.29, 0.717) is 13.1 Å². The molecular weight excluding hydrogens is 286 g/mol. The molecule has 0 amide bonds. The molecule has 21 heavy (non-hydrogen) atoms. The molecule has 0 aliphatic heterocycles. The molecule has 1 N–H and O–H groups in total. The van der Waals surface area contributed by atoms with Gasteiger partial charge in [-0.25, -0.2) is 0 Å². The largest absolute Gasteiger partial charge is 0.317 e. The quantitative estimate of drug-likeness (QED) is 0.530. The molecular formula is C15H35N3O2S. The summed E-state index contributed by atoms with van der Waals surface area (Å²) in [5.41, 5.74) is 0. The Hall–Kier alpha value is -0.170. The second-order valence-electron chi connectivity index (χ2n) is 5.65.